The molecule has 0 aliphatic heterocycles. The van der Waals surface area contributed by atoms with Crippen LogP contribution in [-0.4, -0.2) is 0 Å². The zero-order valence-electron chi connectivity index (χ0n) is 33.4. The van der Waals surface area contributed by atoms with Crippen molar-refractivity contribution in [2.75, 3.05) is 5.32 Å². The van der Waals surface area contributed by atoms with E-state index < -0.39 is 0 Å². The minimum atomic E-state index is 0.252. The first kappa shape index (κ1) is 42.1. The van der Waals surface area contributed by atoms with Gasteiger partial charge in [0.1, 0.15) is 0 Å². The van der Waals surface area contributed by atoms with Crippen molar-refractivity contribution < 1.29 is 0 Å². The lowest BCUT2D eigenvalue weighted by Crippen LogP contribution is -2.13. The maximum atomic E-state index is 3.67. The lowest BCUT2D eigenvalue weighted by atomic mass is 9.82. The van der Waals surface area contributed by atoms with E-state index in [1.54, 1.807) is 0 Å². The van der Waals surface area contributed by atoms with Crippen molar-refractivity contribution in [1.82, 2.24) is 0 Å². The molecule has 0 saturated carbocycles. The standard InChI is InChI=1S/C26H25N.C18H28.C3H8.C2H6/c1-4-10-18-11-7-8-14-25(18)27-20-15-16-24-22(6-3)21(5-2)23-13-9-12-19(17-20)26(23)24;1-5-6-7-8-9-10-13-16-14-11-12-15-17(16)18(2,3)4;1-3-2;1-2/h4-16,27H,17H2,1-3H3;8-9,11-12,14-15H,5-7,10,13H2,1-4H3;3H2,1-2H3;1-2H3/b10-4+,21-5+,22-6+;9-8-;;. The Kier molecular flexibility index (Phi) is 19.0. The van der Waals surface area contributed by atoms with E-state index in [-0.39, 0.29) is 5.41 Å². The first-order valence-corrected chi connectivity index (χ1v) is 19.3. The topological polar surface area (TPSA) is 12.0 Å². The molecule has 0 fully saturated rings. The summed E-state index contributed by atoms with van der Waals surface area (Å²) in [7, 11) is 0. The van der Waals surface area contributed by atoms with E-state index >= 15 is 0 Å². The molecular weight excluding hydrogens is 603 g/mol. The molecule has 0 saturated heterocycles. The molecule has 3 aromatic rings. The molecule has 0 atom stereocenters. The van der Waals surface area contributed by atoms with Crippen molar-refractivity contribution in [2.24, 2.45) is 0 Å². The van der Waals surface area contributed by atoms with Gasteiger partial charge in [0.05, 0.1) is 0 Å². The van der Waals surface area contributed by atoms with E-state index in [2.05, 4.69) is 183 Å². The number of aryl methyl sites for hydroxylation is 1. The second-order valence-corrected chi connectivity index (χ2v) is 13.7. The summed E-state index contributed by atoms with van der Waals surface area (Å²) in [5, 5.41) is 3.67. The predicted molar refractivity (Wildman–Crippen MR) is 228 cm³/mol. The van der Waals surface area contributed by atoms with Crippen molar-refractivity contribution >= 4 is 22.9 Å². The number of para-hydroxylation sites is 1. The molecule has 0 aromatic heterocycles. The second-order valence-electron chi connectivity index (χ2n) is 13.7. The molecule has 1 N–H and O–H groups in total. The largest absolute Gasteiger partial charge is 0.358 e. The summed E-state index contributed by atoms with van der Waals surface area (Å²) >= 11 is 0. The highest BCUT2D eigenvalue weighted by atomic mass is 14.9. The zero-order valence-corrected chi connectivity index (χ0v) is 33.4. The van der Waals surface area contributed by atoms with Gasteiger partial charge in [-0.05, 0) is 108 Å². The third-order valence-corrected chi connectivity index (χ3v) is 8.60. The van der Waals surface area contributed by atoms with Gasteiger partial charge in [0.15, 0.2) is 0 Å². The monoisotopic (exact) mass is 670 g/mol. The van der Waals surface area contributed by atoms with Gasteiger partial charge >= 0.3 is 0 Å². The molecule has 5 rings (SSSR count). The molecule has 1 nitrogen and oxygen atoms in total. The van der Waals surface area contributed by atoms with Crippen molar-refractivity contribution in [3.05, 3.63) is 154 Å². The number of hydrogen-bond donors (Lipinski definition) is 1. The maximum absolute atomic E-state index is 3.67. The highest BCUT2D eigenvalue weighted by Crippen LogP contribution is 2.47. The molecule has 0 bridgehead atoms. The third kappa shape index (κ3) is 12.0. The van der Waals surface area contributed by atoms with Gasteiger partial charge in [-0.2, -0.15) is 0 Å². The fraction of sp³-hybridized carbons (Fsp3) is 0.388. The molecule has 0 amide bonds. The summed E-state index contributed by atoms with van der Waals surface area (Å²) in [6.07, 6.45) is 26.2. The number of unbranched alkanes of at least 4 members (excludes halogenated alkanes) is 2. The Morgan fingerprint density at radius 3 is 2.06 bits per heavy atom. The van der Waals surface area contributed by atoms with Crippen LogP contribution in [0.25, 0.3) is 17.2 Å². The average molecular weight is 670 g/mol. The van der Waals surface area contributed by atoms with Crippen LogP contribution in [0, 0.1) is 0 Å². The molecule has 0 radical (unpaired) electrons. The molecule has 2 aliphatic rings. The Hall–Kier alpha value is -4.10. The average Bonchev–Trinajstić information content (AvgIpc) is 3.32. The number of anilines is 1. The molecule has 3 aromatic carbocycles. The second kappa shape index (κ2) is 22.6. The zero-order chi connectivity index (χ0) is 36.9. The van der Waals surface area contributed by atoms with Crippen LogP contribution < -0.4 is 5.32 Å². The molecule has 268 valence electrons. The first-order valence-electron chi connectivity index (χ1n) is 19.3. The third-order valence-electron chi connectivity index (χ3n) is 8.60. The number of nitrogens with one attached hydrogen (secondary N) is 1. The van der Waals surface area contributed by atoms with Gasteiger partial charge in [0, 0.05) is 17.8 Å². The summed E-state index contributed by atoms with van der Waals surface area (Å²) in [4.78, 5) is 0. The van der Waals surface area contributed by atoms with Crippen LogP contribution in [0.2, 0.25) is 0 Å². The van der Waals surface area contributed by atoms with E-state index in [1.165, 1.54) is 81.5 Å². The summed E-state index contributed by atoms with van der Waals surface area (Å²) in [5.74, 6) is 0. The van der Waals surface area contributed by atoms with Crippen LogP contribution in [0.1, 0.15) is 142 Å². The number of rotatable bonds is 9. The van der Waals surface area contributed by atoms with Crippen LogP contribution in [0.5, 0.6) is 0 Å². The van der Waals surface area contributed by atoms with Gasteiger partial charge < -0.3 is 5.32 Å². The minimum Gasteiger partial charge on any atom is -0.358 e. The van der Waals surface area contributed by atoms with Crippen LogP contribution in [0.3, 0.4) is 0 Å². The van der Waals surface area contributed by atoms with Gasteiger partial charge in [-0.15, -0.1) is 0 Å². The van der Waals surface area contributed by atoms with Gasteiger partial charge in [-0.1, -0.05) is 178 Å². The lowest BCUT2D eigenvalue weighted by molar-refractivity contribution is 0.582. The Bertz CT molecular complexity index is 1640. The normalized spacial score (nSPS) is 14.9. The van der Waals surface area contributed by atoms with Gasteiger partial charge in [0.25, 0.3) is 0 Å². The van der Waals surface area contributed by atoms with Crippen molar-refractivity contribution in [1.29, 1.82) is 0 Å². The number of benzene rings is 3. The molecule has 50 heavy (non-hydrogen) atoms. The Labute approximate surface area is 307 Å². The number of allylic oxidation sites excluding steroid dienone is 11. The summed E-state index contributed by atoms with van der Waals surface area (Å²) in [6.45, 7) is 23.7. The number of hydrogen-bond acceptors (Lipinski definition) is 1. The summed E-state index contributed by atoms with van der Waals surface area (Å²) < 4.78 is 0. The molecule has 0 heterocycles. The fourth-order valence-corrected chi connectivity index (χ4v) is 6.42. The molecule has 0 unspecified atom stereocenters. The molecule has 1 heteroatoms. The van der Waals surface area contributed by atoms with E-state index in [1.807, 2.05) is 13.8 Å². The van der Waals surface area contributed by atoms with Crippen LogP contribution in [0.4, 0.5) is 5.69 Å². The Morgan fingerprint density at radius 1 is 0.740 bits per heavy atom. The van der Waals surface area contributed by atoms with Crippen LogP contribution in [-0.2, 0) is 18.3 Å². The van der Waals surface area contributed by atoms with Crippen molar-refractivity contribution in [3.63, 3.8) is 0 Å². The Morgan fingerprint density at radius 2 is 1.40 bits per heavy atom. The summed E-state index contributed by atoms with van der Waals surface area (Å²) in [6, 6.07) is 24.0. The van der Waals surface area contributed by atoms with Crippen molar-refractivity contribution in [2.45, 2.75) is 127 Å². The SMILES string of the molecule is C/C=C/c1ccccc1NC1=CC=C2C(=C/C)/C(=C\C)c3cccc(c32)C1.CC.CCC.CCCC/C=C\CCc1ccccc1C(C)(C)C. The van der Waals surface area contributed by atoms with E-state index in [0.717, 1.165) is 24.9 Å². The molecular formula is C49H67N. The highest BCUT2D eigenvalue weighted by Gasteiger charge is 2.28. The minimum absolute atomic E-state index is 0.252. The van der Waals surface area contributed by atoms with Gasteiger partial charge in [-0.25, -0.2) is 0 Å². The predicted octanol–water partition coefficient (Wildman–Crippen LogP) is 15.1. The van der Waals surface area contributed by atoms with E-state index in [0.29, 0.717) is 0 Å². The highest BCUT2D eigenvalue weighted by molar-refractivity contribution is 6.09. The van der Waals surface area contributed by atoms with Gasteiger partial charge in [0.2, 0.25) is 0 Å². The van der Waals surface area contributed by atoms with Gasteiger partial charge in [-0.3, -0.25) is 0 Å². The quantitative estimate of drug-likeness (QED) is 0.177. The maximum Gasteiger partial charge on any atom is 0.0455 e. The van der Waals surface area contributed by atoms with Crippen LogP contribution in [0.15, 0.2) is 121 Å². The molecule has 2 aliphatic carbocycles. The summed E-state index contributed by atoms with van der Waals surface area (Å²) in [5.41, 5.74) is 15.0. The van der Waals surface area contributed by atoms with E-state index in [9.17, 15) is 0 Å². The van der Waals surface area contributed by atoms with Crippen LogP contribution >= 0.6 is 0 Å². The fourth-order valence-electron chi connectivity index (χ4n) is 6.42. The Balaban J connectivity index is 0.000000328. The lowest BCUT2D eigenvalue weighted by Gasteiger charge is -2.22. The molecule has 0 spiro atoms. The first-order chi connectivity index (χ1) is 24.2. The van der Waals surface area contributed by atoms with E-state index in [4.69, 9.17) is 0 Å². The smallest absolute Gasteiger partial charge is 0.0455 e. The van der Waals surface area contributed by atoms with Crippen molar-refractivity contribution in [3.8, 4) is 0 Å².